The molecule has 0 radical (unpaired) electrons. The molecule has 0 aliphatic carbocycles. The summed E-state index contributed by atoms with van der Waals surface area (Å²) >= 11 is 0. The van der Waals surface area contributed by atoms with Gasteiger partial charge in [0.2, 0.25) is 5.92 Å². The topological polar surface area (TPSA) is 47.9 Å². The molecule has 4 nitrogen and oxygen atoms in total. The number of esters is 1. The Bertz CT molecular complexity index is 249. The fraction of sp³-hybridized carbons (Fsp3) is 0.800. The number of hydrogen-bond donors (Lipinski definition) is 0. The summed E-state index contributed by atoms with van der Waals surface area (Å²) in [5.74, 6) is -2.82. The third-order valence-corrected chi connectivity index (χ3v) is 1.74. The molecule has 1 aliphatic heterocycles. The van der Waals surface area contributed by atoms with Crippen molar-refractivity contribution in [3.05, 3.63) is 0 Å². The average molecular weight is 237 g/mol. The molecule has 0 fully saturated rings. The highest BCUT2D eigenvalue weighted by molar-refractivity contribution is 6.36. The van der Waals surface area contributed by atoms with Crippen LogP contribution in [0.15, 0.2) is 5.16 Å². The van der Waals surface area contributed by atoms with Crippen LogP contribution >= 0.6 is 0 Å². The lowest BCUT2D eigenvalue weighted by atomic mass is 10.3. The van der Waals surface area contributed by atoms with Crippen LogP contribution in [0, 0.1) is 0 Å². The van der Waals surface area contributed by atoms with Crippen molar-refractivity contribution in [3.63, 3.8) is 0 Å². The molecule has 0 spiro atoms. The molecule has 6 heteroatoms. The maximum atomic E-state index is 11.5. The lowest BCUT2D eigenvalue weighted by molar-refractivity contribution is -0.135. The number of nitrogens with zero attached hydrogens (tertiary/aromatic N) is 1. The number of carbonyl (C=O) groups is 1. The van der Waals surface area contributed by atoms with Gasteiger partial charge in [-0.1, -0.05) is 12.1 Å². The highest BCUT2D eigenvalue weighted by Gasteiger charge is 2.17. The zero-order chi connectivity index (χ0) is 12.6. The molecule has 1 rings (SSSR count). The van der Waals surface area contributed by atoms with Crippen molar-refractivity contribution in [3.8, 4) is 0 Å². The van der Waals surface area contributed by atoms with Gasteiger partial charge in [-0.15, -0.1) is 0 Å². The third kappa shape index (κ3) is 7.14. The number of carbonyl (C=O) groups excluding carboxylic acids is 1. The molecule has 0 amide bonds. The van der Waals surface area contributed by atoms with E-state index in [0.29, 0.717) is 25.3 Å². The first-order chi connectivity index (χ1) is 7.40. The molecule has 0 unspecified atom stereocenters. The van der Waals surface area contributed by atoms with Gasteiger partial charge in [0, 0.05) is 12.8 Å². The zero-order valence-electron chi connectivity index (χ0n) is 9.76. The third-order valence-electron chi connectivity index (χ3n) is 1.74. The van der Waals surface area contributed by atoms with Crippen LogP contribution in [0.25, 0.3) is 0 Å². The second kappa shape index (κ2) is 7.14. The smallest absolute Gasteiger partial charge is 0.356 e. The van der Waals surface area contributed by atoms with Gasteiger partial charge in [-0.05, 0) is 13.8 Å². The second-order valence-electron chi connectivity index (χ2n) is 3.27. The summed E-state index contributed by atoms with van der Waals surface area (Å²) < 4.78 is 27.6. The highest BCUT2D eigenvalue weighted by Crippen LogP contribution is 2.14. The molecule has 0 bridgehead atoms. The van der Waals surface area contributed by atoms with Crippen molar-refractivity contribution in [2.75, 3.05) is 13.2 Å². The predicted molar refractivity (Wildman–Crippen MR) is 55.5 cm³/mol. The van der Waals surface area contributed by atoms with Crippen LogP contribution in [0.4, 0.5) is 8.78 Å². The Morgan fingerprint density at radius 2 is 2.12 bits per heavy atom. The van der Waals surface area contributed by atoms with Crippen molar-refractivity contribution in [2.24, 2.45) is 5.16 Å². The quantitative estimate of drug-likeness (QED) is 0.708. The van der Waals surface area contributed by atoms with Gasteiger partial charge in [-0.3, -0.25) is 0 Å². The standard InChI is InChI=1S/C6H9NO3.C4H8F2/c1-2-9-6(8)5-3-4-10-7-5;1-3-4(2,5)6/h2-4H2,1H3;3H2,1-2H3. The first-order valence-electron chi connectivity index (χ1n) is 5.14. The summed E-state index contributed by atoms with van der Waals surface area (Å²) in [6.45, 7) is 5.01. The second-order valence-corrected chi connectivity index (χ2v) is 3.27. The molecular formula is C10H17F2NO3. The molecule has 0 atom stereocenters. The average Bonchev–Trinajstić information content (AvgIpc) is 2.71. The van der Waals surface area contributed by atoms with Gasteiger partial charge in [-0.25, -0.2) is 13.6 Å². The number of oxime groups is 1. The lowest BCUT2D eigenvalue weighted by Crippen LogP contribution is -2.15. The predicted octanol–water partition coefficient (Wildman–Crippen LogP) is 2.38. The number of rotatable bonds is 3. The minimum Gasteiger partial charge on any atom is -0.461 e. The van der Waals surface area contributed by atoms with Crippen LogP contribution < -0.4 is 0 Å². The van der Waals surface area contributed by atoms with Crippen LogP contribution in [-0.4, -0.2) is 30.8 Å². The maximum Gasteiger partial charge on any atom is 0.356 e. The van der Waals surface area contributed by atoms with E-state index in [9.17, 15) is 13.6 Å². The molecule has 0 aromatic carbocycles. The first-order valence-corrected chi connectivity index (χ1v) is 5.14. The minimum absolute atomic E-state index is 0.0625. The largest absolute Gasteiger partial charge is 0.461 e. The van der Waals surface area contributed by atoms with Crippen molar-refractivity contribution in [1.82, 2.24) is 0 Å². The minimum atomic E-state index is -2.46. The number of ether oxygens (including phenoxy) is 1. The van der Waals surface area contributed by atoms with E-state index in [-0.39, 0.29) is 12.4 Å². The van der Waals surface area contributed by atoms with E-state index in [2.05, 4.69) is 14.7 Å². The maximum absolute atomic E-state index is 11.5. The van der Waals surface area contributed by atoms with E-state index in [1.165, 1.54) is 6.92 Å². The van der Waals surface area contributed by atoms with Crippen LogP contribution in [0.3, 0.4) is 0 Å². The Hall–Kier alpha value is -1.20. The van der Waals surface area contributed by atoms with Gasteiger partial charge in [-0.2, -0.15) is 0 Å². The molecule has 0 saturated heterocycles. The molecule has 0 N–H and O–H groups in total. The van der Waals surface area contributed by atoms with Crippen LogP contribution in [0.5, 0.6) is 0 Å². The van der Waals surface area contributed by atoms with Crippen molar-refractivity contribution >= 4 is 11.7 Å². The van der Waals surface area contributed by atoms with Gasteiger partial charge < -0.3 is 9.57 Å². The van der Waals surface area contributed by atoms with Gasteiger partial charge in [0.1, 0.15) is 6.61 Å². The molecule has 0 saturated carbocycles. The molecule has 94 valence electrons. The number of alkyl halides is 2. The van der Waals surface area contributed by atoms with Gasteiger partial charge in [0.25, 0.3) is 0 Å². The summed E-state index contributed by atoms with van der Waals surface area (Å²) in [7, 11) is 0. The zero-order valence-corrected chi connectivity index (χ0v) is 9.76. The summed E-state index contributed by atoms with van der Waals surface area (Å²) in [4.78, 5) is 15.4. The molecule has 0 aromatic rings. The Morgan fingerprint density at radius 3 is 2.44 bits per heavy atom. The molecule has 1 aliphatic rings. The van der Waals surface area contributed by atoms with Crippen LogP contribution in [-0.2, 0) is 14.4 Å². The lowest BCUT2D eigenvalue weighted by Gasteiger charge is -2.02. The van der Waals surface area contributed by atoms with Crippen molar-refractivity contribution in [2.45, 2.75) is 39.5 Å². The van der Waals surface area contributed by atoms with E-state index in [1.807, 2.05) is 0 Å². The fourth-order valence-corrected chi connectivity index (χ4v) is 0.665. The van der Waals surface area contributed by atoms with Gasteiger partial charge in [0.15, 0.2) is 5.71 Å². The monoisotopic (exact) mass is 237 g/mol. The van der Waals surface area contributed by atoms with E-state index < -0.39 is 5.92 Å². The van der Waals surface area contributed by atoms with Crippen LogP contribution in [0.1, 0.15) is 33.6 Å². The summed E-state index contributed by atoms with van der Waals surface area (Å²) in [5, 5.41) is 3.50. The van der Waals surface area contributed by atoms with E-state index >= 15 is 0 Å². The number of halogens is 2. The summed E-state index contributed by atoms with van der Waals surface area (Å²) in [6, 6.07) is 0. The Morgan fingerprint density at radius 1 is 1.56 bits per heavy atom. The molecule has 1 heterocycles. The Kier molecular flexibility index (Phi) is 6.60. The normalized spacial score (nSPS) is 14.4. The summed E-state index contributed by atoms with van der Waals surface area (Å²) in [5.41, 5.74) is 0.391. The van der Waals surface area contributed by atoms with Crippen molar-refractivity contribution in [1.29, 1.82) is 0 Å². The van der Waals surface area contributed by atoms with E-state index in [4.69, 9.17) is 0 Å². The Labute approximate surface area is 93.6 Å². The summed E-state index contributed by atoms with van der Waals surface area (Å²) in [6.07, 6.45) is 0.506. The fourth-order valence-electron chi connectivity index (χ4n) is 0.665. The molecule has 16 heavy (non-hydrogen) atoms. The first kappa shape index (κ1) is 14.8. The SMILES string of the molecule is CCC(C)(F)F.CCOC(=O)C1=NOCC1. The molecule has 0 aromatic heterocycles. The van der Waals surface area contributed by atoms with Crippen LogP contribution in [0.2, 0.25) is 0 Å². The molecular weight excluding hydrogens is 220 g/mol. The van der Waals surface area contributed by atoms with Crippen molar-refractivity contribution < 1.29 is 23.1 Å². The highest BCUT2D eigenvalue weighted by atomic mass is 19.3. The van der Waals surface area contributed by atoms with Gasteiger partial charge in [0.05, 0.1) is 6.61 Å². The van der Waals surface area contributed by atoms with E-state index in [0.717, 1.165) is 6.92 Å². The van der Waals surface area contributed by atoms with Gasteiger partial charge >= 0.3 is 5.97 Å². The number of hydrogen-bond acceptors (Lipinski definition) is 4. The van der Waals surface area contributed by atoms with E-state index in [1.54, 1.807) is 6.92 Å². The Balaban J connectivity index is 0.000000325.